The molecule has 20 heavy (non-hydrogen) atoms. The minimum atomic E-state index is 0.603. The predicted octanol–water partition coefficient (Wildman–Crippen LogP) is 2.79. The van der Waals surface area contributed by atoms with E-state index in [4.69, 9.17) is 0 Å². The van der Waals surface area contributed by atoms with Crippen molar-refractivity contribution in [3.05, 3.63) is 60.0 Å². The molecule has 2 N–H and O–H groups in total. The van der Waals surface area contributed by atoms with Gasteiger partial charge in [-0.1, -0.05) is 30.3 Å². The number of pyridine rings is 1. The van der Waals surface area contributed by atoms with Crippen LogP contribution in [0.5, 0.6) is 0 Å². The smallest absolute Gasteiger partial charge is 0.117 e. The Morgan fingerprint density at radius 2 is 1.95 bits per heavy atom. The largest absolute Gasteiger partial charge is 0.378 e. The first-order chi connectivity index (χ1) is 9.83. The summed E-state index contributed by atoms with van der Waals surface area (Å²) in [5.41, 5.74) is 4.92. The number of nitrogens with zero attached hydrogens (tertiary/aromatic N) is 3. The molecule has 0 aliphatic rings. The first-order valence-corrected chi connectivity index (χ1v) is 6.43. The maximum atomic E-state index is 4.22. The minimum absolute atomic E-state index is 0.603. The van der Waals surface area contributed by atoms with Gasteiger partial charge in [-0.2, -0.15) is 15.4 Å². The third-order valence-electron chi connectivity index (χ3n) is 3.00. The molecule has 0 atom stereocenters. The summed E-state index contributed by atoms with van der Waals surface area (Å²) >= 11 is 0. The SMILES string of the molecule is Cc1cncc(NCc2n[nH]nc2-c2ccccc2)c1. The van der Waals surface area contributed by atoms with Crippen LogP contribution in [-0.4, -0.2) is 20.4 Å². The summed E-state index contributed by atoms with van der Waals surface area (Å²) in [6.07, 6.45) is 3.63. The fourth-order valence-electron chi connectivity index (χ4n) is 2.04. The molecule has 5 heteroatoms. The molecule has 0 fully saturated rings. The molecule has 3 rings (SSSR count). The summed E-state index contributed by atoms with van der Waals surface area (Å²) in [6.45, 7) is 2.62. The van der Waals surface area contributed by atoms with Gasteiger partial charge in [-0.3, -0.25) is 4.98 Å². The Labute approximate surface area is 117 Å². The van der Waals surface area contributed by atoms with Gasteiger partial charge >= 0.3 is 0 Å². The lowest BCUT2D eigenvalue weighted by Crippen LogP contribution is -2.02. The molecule has 5 nitrogen and oxygen atoms in total. The molecule has 100 valence electrons. The molecule has 0 aliphatic heterocycles. The Balaban J connectivity index is 1.78. The highest BCUT2D eigenvalue weighted by Crippen LogP contribution is 2.19. The summed E-state index contributed by atoms with van der Waals surface area (Å²) in [5, 5.41) is 14.4. The van der Waals surface area contributed by atoms with Gasteiger partial charge in [0, 0.05) is 18.0 Å². The van der Waals surface area contributed by atoms with E-state index in [9.17, 15) is 0 Å². The van der Waals surface area contributed by atoms with Crippen molar-refractivity contribution in [1.82, 2.24) is 20.4 Å². The molecular formula is C15H15N5. The maximum absolute atomic E-state index is 4.22. The Morgan fingerprint density at radius 3 is 2.75 bits per heavy atom. The van der Waals surface area contributed by atoms with Crippen molar-refractivity contribution in [3.8, 4) is 11.3 Å². The molecule has 0 radical (unpaired) electrons. The van der Waals surface area contributed by atoms with Crippen molar-refractivity contribution in [2.45, 2.75) is 13.5 Å². The van der Waals surface area contributed by atoms with Crippen molar-refractivity contribution in [3.63, 3.8) is 0 Å². The molecule has 0 saturated heterocycles. The van der Waals surface area contributed by atoms with Gasteiger partial charge in [0.15, 0.2) is 0 Å². The molecule has 0 bridgehead atoms. The van der Waals surface area contributed by atoms with Crippen molar-refractivity contribution in [1.29, 1.82) is 0 Å². The number of aryl methyl sites for hydroxylation is 1. The number of aromatic nitrogens is 4. The van der Waals surface area contributed by atoms with E-state index >= 15 is 0 Å². The van der Waals surface area contributed by atoms with E-state index in [0.29, 0.717) is 6.54 Å². The first-order valence-electron chi connectivity index (χ1n) is 6.43. The molecule has 0 saturated carbocycles. The van der Waals surface area contributed by atoms with Gasteiger partial charge in [0.2, 0.25) is 0 Å². The average Bonchev–Trinajstić information content (AvgIpc) is 2.95. The second-order valence-electron chi connectivity index (χ2n) is 4.59. The lowest BCUT2D eigenvalue weighted by molar-refractivity contribution is 0.911. The normalized spacial score (nSPS) is 10.4. The highest BCUT2D eigenvalue weighted by molar-refractivity contribution is 5.61. The van der Waals surface area contributed by atoms with Crippen LogP contribution in [-0.2, 0) is 6.54 Å². The highest BCUT2D eigenvalue weighted by Gasteiger charge is 2.09. The lowest BCUT2D eigenvalue weighted by Gasteiger charge is -2.06. The van der Waals surface area contributed by atoms with Crippen LogP contribution in [0.1, 0.15) is 11.3 Å². The van der Waals surface area contributed by atoms with Gasteiger partial charge < -0.3 is 5.32 Å². The fraction of sp³-hybridized carbons (Fsp3) is 0.133. The van der Waals surface area contributed by atoms with Gasteiger partial charge in [0.1, 0.15) is 11.4 Å². The van der Waals surface area contributed by atoms with E-state index in [0.717, 1.165) is 28.2 Å². The van der Waals surface area contributed by atoms with Crippen LogP contribution in [0.3, 0.4) is 0 Å². The zero-order chi connectivity index (χ0) is 13.8. The van der Waals surface area contributed by atoms with E-state index < -0.39 is 0 Å². The number of rotatable bonds is 4. The second-order valence-corrected chi connectivity index (χ2v) is 4.59. The minimum Gasteiger partial charge on any atom is -0.378 e. The van der Waals surface area contributed by atoms with Crippen molar-refractivity contribution < 1.29 is 0 Å². The lowest BCUT2D eigenvalue weighted by atomic mass is 10.1. The Hall–Kier alpha value is -2.69. The predicted molar refractivity (Wildman–Crippen MR) is 78.1 cm³/mol. The molecule has 0 unspecified atom stereocenters. The van der Waals surface area contributed by atoms with Crippen LogP contribution in [0, 0.1) is 6.92 Å². The van der Waals surface area contributed by atoms with Crippen LogP contribution in [0.4, 0.5) is 5.69 Å². The quantitative estimate of drug-likeness (QED) is 0.761. The molecule has 1 aromatic carbocycles. The molecule has 2 heterocycles. The van der Waals surface area contributed by atoms with Gasteiger partial charge in [0.05, 0.1) is 12.2 Å². The number of nitrogens with one attached hydrogen (secondary N) is 2. The van der Waals surface area contributed by atoms with Crippen LogP contribution in [0.2, 0.25) is 0 Å². The Morgan fingerprint density at radius 1 is 1.10 bits per heavy atom. The Kier molecular flexibility index (Phi) is 3.41. The number of hydrogen-bond donors (Lipinski definition) is 2. The second kappa shape index (κ2) is 5.52. The van der Waals surface area contributed by atoms with E-state index in [1.807, 2.05) is 43.5 Å². The molecule has 3 aromatic rings. The van der Waals surface area contributed by atoms with E-state index in [2.05, 4.69) is 31.8 Å². The number of benzene rings is 1. The van der Waals surface area contributed by atoms with Gasteiger partial charge in [0.25, 0.3) is 0 Å². The molecule has 0 amide bonds. The first kappa shape index (κ1) is 12.3. The summed E-state index contributed by atoms with van der Waals surface area (Å²) in [4.78, 5) is 4.16. The van der Waals surface area contributed by atoms with Crippen LogP contribution in [0.15, 0.2) is 48.8 Å². The summed E-state index contributed by atoms with van der Waals surface area (Å²) in [7, 11) is 0. The van der Waals surface area contributed by atoms with Crippen LogP contribution < -0.4 is 5.32 Å². The van der Waals surface area contributed by atoms with Crippen molar-refractivity contribution in [2.24, 2.45) is 0 Å². The summed E-state index contributed by atoms with van der Waals surface area (Å²) < 4.78 is 0. The number of hydrogen-bond acceptors (Lipinski definition) is 4. The maximum Gasteiger partial charge on any atom is 0.117 e. The van der Waals surface area contributed by atoms with E-state index in [-0.39, 0.29) is 0 Å². The van der Waals surface area contributed by atoms with Crippen LogP contribution >= 0.6 is 0 Å². The highest BCUT2D eigenvalue weighted by atomic mass is 15.3. The number of anilines is 1. The van der Waals surface area contributed by atoms with Crippen molar-refractivity contribution >= 4 is 5.69 Å². The molecule has 2 aromatic heterocycles. The zero-order valence-electron chi connectivity index (χ0n) is 11.2. The molecule has 0 aliphatic carbocycles. The monoisotopic (exact) mass is 265 g/mol. The summed E-state index contributed by atoms with van der Waals surface area (Å²) in [5.74, 6) is 0. The third-order valence-corrected chi connectivity index (χ3v) is 3.00. The zero-order valence-corrected chi connectivity index (χ0v) is 11.2. The fourth-order valence-corrected chi connectivity index (χ4v) is 2.04. The van der Waals surface area contributed by atoms with E-state index in [1.165, 1.54) is 0 Å². The van der Waals surface area contributed by atoms with Gasteiger partial charge in [-0.05, 0) is 18.6 Å². The topological polar surface area (TPSA) is 66.5 Å². The number of aromatic amines is 1. The standard InChI is InChI=1S/C15H15N5/c1-11-7-13(9-16-8-11)17-10-14-15(19-20-18-14)12-5-3-2-4-6-12/h2-9,17H,10H2,1H3,(H,18,19,20). The number of H-pyrrole nitrogens is 1. The van der Waals surface area contributed by atoms with Crippen molar-refractivity contribution in [2.75, 3.05) is 5.32 Å². The van der Waals surface area contributed by atoms with E-state index in [1.54, 1.807) is 6.20 Å². The van der Waals surface area contributed by atoms with Gasteiger partial charge in [-0.15, -0.1) is 0 Å². The Bertz CT molecular complexity index is 690. The van der Waals surface area contributed by atoms with Crippen LogP contribution in [0.25, 0.3) is 11.3 Å². The van der Waals surface area contributed by atoms with Gasteiger partial charge in [-0.25, -0.2) is 0 Å². The molecule has 0 spiro atoms. The molecular weight excluding hydrogens is 250 g/mol. The third kappa shape index (κ3) is 2.66. The summed E-state index contributed by atoms with van der Waals surface area (Å²) in [6, 6.07) is 12.1. The average molecular weight is 265 g/mol.